The summed E-state index contributed by atoms with van der Waals surface area (Å²) in [5, 5.41) is 0. The lowest BCUT2D eigenvalue weighted by molar-refractivity contribution is -0.229. The van der Waals surface area contributed by atoms with Crippen LogP contribution in [0.15, 0.2) is 152 Å². The minimum absolute atomic E-state index is 0.110. The molecule has 0 radical (unpaired) electrons. The number of carbonyl (C=O) groups excluding carboxylic acids is 5. The van der Waals surface area contributed by atoms with Crippen molar-refractivity contribution in [2.24, 2.45) is 0 Å². The first kappa shape index (κ1) is 36.2. The third-order valence-corrected chi connectivity index (χ3v) is 8.48. The van der Waals surface area contributed by atoms with E-state index >= 15 is 0 Å². The second-order valence-electron chi connectivity index (χ2n) is 11.9. The van der Waals surface area contributed by atoms with Crippen molar-refractivity contribution in [3.63, 3.8) is 0 Å². The molecule has 6 rings (SSSR count). The molecule has 0 unspecified atom stereocenters. The van der Waals surface area contributed by atoms with E-state index in [-0.39, 0.29) is 27.8 Å². The van der Waals surface area contributed by atoms with Crippen LogP contribution in [0.2, 0.25) is 0 Å². The average molecular weight is 715 g/mol. The SMILES string of the molecule is COC1[C@H](OC(=O)c2ccccc2)[C@@H](OC(=O)c2ccccc2)C(OC(=O)c2ccccc2)[C@H](OC(=O)c2ccccc2)[C@H]1OC(=O)c1ccccc1. The molecule has 0 spiro atoms. The van der Waals surface area contributed by atoms with E-state index in [0.29, 0.717) is 0 Å². The Kier molecular flexibility index (Phi) is 11.7. The van der Waals surface area contributed by atoms with Crippen LogP contribution in [0.1, 0.15) is 51.8 Å². The van der Waals surface area contributed by atoms with E-state index in [1.54, 1.807) is 91.0 Å². The van der Waals surface area contributed by atoms with Crippen molar-refractivity contribution in [2.45, 2.75) is 36.6 Å². The zero-order chi connectivity index (χ0) is 37.2. The van der Waals surface area contributed by atoms with Crippen molar-refractivity contribution in [2.75, 3.05) is 7.11 Å². The van der Waals surface area contributed by atoms with Crippen molar-refractivity contribution in [1.82, 2.24) is 0 Å². The smallest absolute Gasteiger partial charge is 0.338 e. The molecule has 0 aromatic heterocycles. The highest BCUT2D eigenvalue weighted by molar-refractivity contribution is 5.92. The van der Waals surface area contributed by atoms with Crippen molar-refractivity contribution in [3.8, 4) is 0 Å². The highest BCUT2D eigenvalue weighted by atomic mass is 16.7. The molecule has 11 heteroatoms. The van der Waals surface area contributed by atoms with Crippen LogP contribution in [0.4, 0.5) is 0 Å². The Balaban J connectivity index is 1.50. The second-order valence-corrected chi connectivity index (χ2v) is 11.9. The minimum atomic E-state index is -1.73. The molecule has 1 fully saturated rings. The molecule has 1 aliphatic rings. The molecule has 0 aliphatic heterocycles. The normalized spacial score (nSPS) is 20.6. The molecule has 5 aromatic carbocycles. The van der Waals surface area contributed by atoms with Gasteiger partial charge in [0.15, 0.2) is 30.5 Å². The van der Waals surface area contributed by atoms with Crippen LogP contribution in [-0.2, 0) is 28.4 Å². The summed E-state index contributed by atoms with van der Waals surface area (Å²) in [6, 6.07) is 39.9. The lowest BCUT2D eigenvalue weighted by Crippen LogP contribution is -2.68. The number of hydrogen-bond acceptors (Lipinski definition) is 11. The summed E-state index contributed by atoms with van der Waals surface area (Å²) in [5.41, 5.74) is 0.641. The summed E-state index contributed by atoms with van der Waals surface area (Å²) in [6.45, 7) is 0. The van der Waals surface area contributed by atoms with Gasteiger partial charge in [0.2, 0.25) is 0 Å². The predicted molar refractivity (Wildman–Crippen MR) is 189 cm³/mol. The van der Waals surface area contributed by atoms with E-state index in [2.05, 4.69) is 0 Å². The lowest BCUT2D eigenvalue weighted by Gasteiger charge is -2.47. The first-order valence-electron chi connectivity index (χ1n) is 16.7. The fraction of sp³-hybridized carbons (Fsp3) is 0.167. The van der Waals surface area contributed by atoms with Gasteiger partial charge in [-0.1, -0.05) is 91.0 Å². The summed E-state index contributed by atoms with van der Waals surface area (Å²) in [6.07, 6.45) is -9.69. The van der Waals surface area contributed by atoms with Gasteiger partial charge in [0.25, 0.3) is 0 Å². The summed E-state index contributed by atoms with van der Waals surface area (Å²) in [4.78, 5) is 68.8. The molecule has 11 nitrogen and oxygen atoms in total. The third kappa shape index (κ3) is 8.66. The first-order valence-corrected chi connectivity index (χ1v) is 16.7. The molecule has 0 saturated heterocycles. The van der Waals surface area contributed by atoms with Gasteiger partial charge in [-0.3, -0.25) is 0 Å². The van der Waals surface area contributed by atoms with Crippen molar-refractivity contribution in [1.29, 1.82) is 0 Å². The number of carbonyl (C=O) groups is 5. The Hall–Kier alpha value is -6.59. The molecular weight excluding hydrogens is 680 g/mol. The van der Waals surface area contributed by atoms with Crippen molar-refractivity contribution < 1.29 is 52.4 Å². The Bertz CT molecular complexity index is 1890. The molecular formula is C42H34O11. The average Bonchev–Trinajstić information content (AvgIpc) is 3.21. The molecule has 0 N–H and O–H groups in total. The number of esters is 5. The zero-order valence-electron chi connectivity index (χ0n) is 28.4. The van der Waals surface area contributed by atoms with Gasteiger partial charge >= 0.3 is 29.8 Å². The van der Waals surface area contributed by atoms with Gasteiger partial charge < -0.3 is 28.4 Å². The molecule has 53 heavy (non-hydrogen) atoms. The van der Waals surface area contributed by atoms with Gasteiger partial charge in [0.1, 0.15) is 6.10 Å². The van der Waals surface area contributed by atoms with Gasteiger partial charge in [-0.25, -0.2) is 24.0 Å². The Morgan fingerprint density at radius 1 is 0.302 bits per heavy atom. The van der Waals surface area contributed by atoms with Crippen molar-refractivity contribution >= 4 is 29.8 Å². The number of benzene rings is 5. The van der Waals surface area contributed by atoms with Crippen LogP contribution in [0.5, 0.6) is 0 Å². The number of methoxy groups -OCH3 is 1. The molecule has 5 aromatic rings. The molecule has 4 atom stereocenters. The van der Waals surface area contributed by atoms with Crippen molar-refractivity contribution in [3.05, 3.63) is 179 Å². The molecule has 0 heterocycles. The maximum absolute atomic E-state index is 13.8. The highest BCUT2D eigenvalue weighted by Gasteiger charge is 2.60. The third-order valence-electron chi connectivity index (χ3n) is 8.48. The number of rotatable bonds is 11. The molecule has 268 valence electrons. The molecule has 0 amide bonds. The van der Waals surface area contributed by atoms with Crippen LogP contribution < -0.4 is 0 Å². The molecule has 0 bridgehead atoms. The van der Waals surface area contributed by atoms with E-state index in [1.165, 1.54) is 67.8 Å². The fourth-order valence-corrected chi connectivity index (χ4v) is 5.89. The van der Waals surface area contributed by atoms with Gasteiger partial charge in [-0.15, -0.1) is 0 Å². The fourth-order valence-electron chi connectivity index (χ4n) is 5.89. The first-order chi connectivity index (χ1) is 25.8. The summed E-state index contributed by atoms with van der Waals surface area (Å²) in [5.74, 6) is -4.34. The maximum Gasteiger partial charge on any atom is 0.338 e. The molecule has 1 aliphatic carbocycles. The van der Waals surface area contributed by atoms with Crippen LogP contribution in [0, 0.1) is 0 Å². The van der Waals surface area contributed by atoms with Gasteiger partial charge in [0.05, 0.1) is 27.8 Å². The van der Waals surface area contributed by atoms with E-state index in [0.717, 1.165) is 0 Å². The number of ether oxygens (including phenoxy) is 6. The largest absolute Gasteiger partial charge is 0.452 e. The molecule has 1 saturated carbocycles. The second kappa shape index (κ2) is 17.1. The predicted octanol–water partition coefficient (Wildman–Crippen LogP) is 6.14. The van der Waals surface area contributed by atoms with Crippen LogP contribution in [0.3, 0.4) is 0 Å². The topological polar surface area (TPSA) is 141 Å². The summed E-state index contributed by atoms with van der Waals surface area (Å²) >= 11 is 0. The monoisotopic (exact) mass is 714 g/mol. The van der Waals surface area contributed by atoms with Crippen LogP contribution >= 0.6 is 0 Å². The van der Waals surface area contributed by atoms with E-state index in [1.807, 2.05) is 0 Å². The van der Waals surface area contributed by atoms with E-state index in [4.69, 9.17) is 28.4 Å². The Morgan fingerprint density at radius 2 is 0.472 bits per heavy atom. The summed E-state index contributed by atoms with van der Waals surface area (Å²) in [7, 11) is 1.26. The lowest BCUT2D eigenvalue weighted by atomic mass is 9.83. The quantitative estimate of drug-likeness (QED) is 0.115. The maximum atomic E-state index is 13.8. The van der Waals surface area contributed by atoms with Crippen LogP contribution in [-0.4, -0.2) is 73.6 Å². The van der Waals surface area contributed by atoms with Crippen LogP contribution in [0.25, 0.3) is 0 Å². The van der Waals surface area contributed by atoms with E-state index < -0.39 is 66.5 Å². The Morgan fingerprint density at radius 3 is 0.642 bits per heavy atom. The number of hydrogen-bond donors (Lipinski definition) is 0. The zero-order valence-corrected chi connectivity index (χ0v) is 28.4. The van der Waals surface area contributed by atoms with Gasteiger partial charge in [0, 0.05) is 7.11 Å². The minimum Gasteiger partial charge on any atom is -0.452 e. The Labute approximate surface area is 305 Å². The highest BCUT2D eigenvalue weighted by Crippen LogP contribution is 2.36. The standard InChI is InChI=1S/C42H34O11/c1-48-32-33(49-38(43)27-17-7-2-8-18-27)35(51-40(45)29-21-11-4-12-22-29)37(53-42(47)31-25-15-6-16-26-31)36(52-41(46)30-23-13-5-14-24-30)34(32)50-39(44)28-19-9-3-10-20-28/h2-26,32-37H,1H3/t32?,33-,34-,35+,36+,37?/m0/s1. The van der Waals surface area contributed by atoms with Gasteiger partial charge in [-0.05, 0) is 60.7 Å². The van der Waals surface area contributed by atoms with Gasteiger partial charge in [-0.2, -0.15) is 0 Å². The van der Waals surface area contributed by atoms with E-state index in [9.17, 15) is 24.0 Å². The summed E-state index contributed by atoms with van der Waals surface area (Å²) < 4.78 is 36.2.